The minimum atomic E-state index is -0.489. The molecule has 31 heavy (non-hydrogen) atoms. The molecule has 0 radical (unpaired) electrons. The van der Waals surface area contributed by atoms with E-state index >= 15 is 0 Å². The number of anilines is 1. The first-order valence-corrected chi connectivity index (χ1v) is 9.44. The van der Waals surface area contributed by atoms with Gasteiger partial charge in [-0.05, 0) is 43.3 Å². The summed E-state index contributed by atoms with van der Waals surface area (Å²) in [7, 11) is 0. The molecule has 1 aromatic heterocycles. The zero-order valence-corrected chi connectivity index (χ0v) is 16.5. The van der Waals surface area contributed by atoms with Crippen LogP contribution in [0.5, 0.6) is 5.75 Å². The molecule has 0 atom stereocenters. The summed E-state index contributed by atoms with van der Waals surface area (Å²) in [6.07, 6.45) is 0. The number of nitrogens with zero attached hydrogens (tertiary/aromatic N) is 3. The van der Waals surface area contributed by atoms with E-state index in [4.69, 9.17) is 0 Å². The van der Waals surface area contributed by atoms with Crippen LogP contribution in [0.15, 0.2) is 88.8 Å². The number of fused-ring (bicyclic) bond motifs is 1. The second kappa shape index (κ2) is 8.11. The lowest BCUT2D eigenvalue weighted by Crippen LogP contribution is -2.25. The van der Waals surface area contributed by atoms with Crippen LogP contribution >= 0.6 is 0 Å². The van der Waals surface area contributed by atoms with Gasteiger partial charge in [0.05, 0.1) is 21.8 Å². The SMILES string of the molecule is C/C(=N\Nc1ccc([N+](=O)[O-])cc1)c1c(O)c2ccccc2n(-c2ccccc2)c1=O. The number of non-ortho nitro benzene ring substituents is 1. The van der Waals surface area contributed by atoms with Crippen molar-refractivity contribution in [1.29, 1.82) is 0 Å². The molecule has 0 aliphatic carbocycles. The Bertz CT molecular complexity index is 1360. The van der Waals surface area contributed by atoms with E-state index in [-0.39, 0.29) is 22.7 Å². The molecule has 0 bridgehead atoms. The molecule has 3 aromatic carbocycles. The lowest BCUT2D eigenvalue weighted by molar-refractivity contribution is -0.384. The predicted octanol–water partition coefficient (Wildman–Crippen LogP) is 4.44. The molecule has 8 heteroatoms. The van der Waals surface area contributed by atoms with E-state index in [2.05, 4.69) is 10.5 Å². The molecular formula is C23H18N4O4. The molecule has 0 saturated heterocycles. The van der Waals surface area contributed by atoms with Crippen LogP contribution in [0.1, 0.15) is 12.5 Å². The van der Waals surface area contributed by atoms with Gasteiger partial charge in [0, 0.05) is 23.2 Å². The number of nitro groups is 1. The van der Waals surface area contributed by atoms with Gasteiger partial charge in [-0.15, -0.1) is 0 Å². The number of aromatic hydroxyl groups is 1. The number of hydrazone groups is 1. The normalized spacial score (nSPS) is 11.5. The lowest BCUT2D eigenvalue weighted by atomic mass is 10.1. The van der Waals surface area contributed by atoms with Gasteiger partial charge in [-0.3, -0.25) is 24.9 Å². The lowest BCUT2D eigenvalue weighted by Gasteiger charge is -2.15. The maximum absolute atomic E-state index is 13.4. The Hall–Kier alpha value is -4.46. The minimum absolute atomic E-state index is 0.0378. The van der Waals surface area contributed by atoms with E-state index in [0.29, 0.717) is 22.3 Å². The third-order valence-electron chi connectivity index (χ3n) is 4.86. The van der Waals surface area contributed by atoms with Crippen LogP contribution in [0.4, 0.5) is 11.4 Å². The Morgan fingerprint density at radius 2 is 1.65 bits per heavy atom. The van der Waals surface area contributed by atoms with Crippen LogP contribution in [0.2, 0.25) is 0 Å². The fraction of sp³-hybridized carbons (Fsp3) is 0.0435. The summed E-state index contributed by atoms with van der Waals surface area (Å²) in [5.74, 6) is -0.153. The highest BCUT2D eigenvalue weighted by Crippen LogP contribution is 2.28. The molecule has 4 rings (SSSR count). The summed E-state index contributed by atoms with van der Waals surface area (Å²) in [5, 5.41) is 26.4. The highest BCUT2D eigenvalue weighted by molar-refractivity contribution is 6.05. The Morgan fingerprint density at radius 1 is 1.00 bits per heavy atom. The van der Waals surface area contributed by atoms with Crippen molar-refractivity contribution in [1.82, 2.24) is 4.57 Å². The van der Waals surface area contributed by atoms with Crippen molar-refractivity contribution in [3.8, 4) is 11.4 Å². The number of hydrogen-bond donors (Lipinski definition) is 2. The number of para-hydroxylation sites is 2. The predicted molar refractivity (Wildman–Crippen MR) is 120 cm³/mol. The number of pyridine rings is 1. The molecular weight excluding hydrogens is 396 g/mol. The minimum Gasteiger partial charge on any atom is -0.506 e. The molecule has 0 aliphatic rings. The molecule has 0 spiro atoms. The van der Waals surface area contributed by atoms with Crippen LogP contribution < -0.4 is 11.0 Å². The molecule has 1 heterocycles. The Balaban J connectivity index is 1.82. The Labute approximate surface area is 176 Å². The maximum Gasteiger partial charge on any atom is 0.269 e. The number of benzene rings is 3. The molecule has 0 amide bonds. The van der Waals surface area contributed by atoms with Crippen molar-refractivity contribution >= 4 is 28.0 Å². The van der Waals surface area contributed by atoms with Crippen LogP contribution in [-0.2, 0) is 0 Å². The largest absolute Gasteiger partial charge is 0.506 e. The summed E-state index contributed by atoms with van der Waals surface area (Å²) in [5.41, 5.74) is 4.43. The van der Waals surface area contributed by atoms with Gasteiger partial charge in [-0.2, -0.15) is 5.10 Å². The van der Waals surface area contributed by atoms with E-state index in [1.54, 1.807) is 31.2 Å². The van der Waals surface area contributed by atoms with E-state index in [9.17, 15) is 20.0 Å². The fourth-order valence-electron chi connectivity index (χ4n) is 3.35. The highest BCUT2D eigenvalue weighted by atomic mass is 16.6. The average molecular weight is 414 g/mol. The standard InChI is InChI=1S/C23H18N4O4/c1-15(24-25-16-11-13-18(14-12-16)27(30)31)21-22(28)19-9-5-6-10-20(19)26(23(21)29)17-7-3-2-4-8-17/h2-14,25,28H,1H3/b24-15+. The number of nitro benzene ring substituents is 1. The van der Waals surface area contributed by atoms with Gasteiger partial charge in [0.2, 0.25) is 0 Å². The number of aromatic nitrogens is 1. The fourth-order valence-corrected chi connectivity index (χ4v) is 3.35. The quantitative estimate of drug-likeness (QED) is 0.285. The number of rotatable bonds is 5. The molecule has 154 valence electrons. The van der Waals surface area contributed by atoms with Gasteiger partial charge in [0.15, 0.2) is 0 Å². The smallest absolute Gasteiger partial charge is 0.269 e. The van der Waals surface area contributed by atoms with E-state index < -0.39 is 10.5 Å². The zero-order chi connectivity index (χ0) is 22.0. The van der Waals surface area contributed by atoms with Crippen LogP contribution in [0.3, 0.4) is 0 Å². The van der Waals surface area contributed by atoms with Crippen molar-refractivity contribution in [3.63, 3.8) is 0 Å². The second-order valence-corrected chi connectivity index (χ2v) is 6.83. The third-order valence-corrected chi connectivity index (χ3v) is 4.86. The molecule has 0 fully saturated rings. The molecule has 2 N–H and O–H groups in total. The number of nitrogens with one attached hydrogen (secondary N) is 1. The highest BCUT2D eigenvalue weighted by Gasteiger charge is 2.19. The summed E-state index contributed by atoms with van der Waals surface area (Å²) in [6.45, 7) is 1.61. The molecule has 8 nitrogen and oxygen atoms in total. The molecule has 4 aromatic rings. The van der Waals surface area contributed by atoms with E-state index in [0.717, 1.165) is 0 Å². The van der Waals surface area contributed by atoms with Crippen molar-refractivity contribution in [2.24, 2.45) is 5.10 Å². The zero-order valence-electron chi connectivity index (χ0n) is 16.5. The van der Waals surface area contributed by atoms with Crippen molar-refractivity contribution in [2.75, 3.05) is 5.43 Å². The van der Waals surface area contributed by atoms with Crippen molar-refractivity contribution in [2.45, 2.75) is 6.92 Å². The first kappa shape index (κ1) is 19.8. The molecule has 0 unspecified atom stereocenters. The van der Waals surface area contributed by atoms with E-state index in [1.165, 1.54) is 28.8 Å². The van der Waals surface area contributed by atoms with E-state index in [1.807, 2.05) is 30.3 Å². The van der Waals surface area contributed by atoms with Gasteiger partial charge in [-0.1, -0.05) is 30.3 Å². The average Bonchev–Trinajstić information content (AvgIpc) is 2.79. The van der Waals surface area contributed by atoms with Gasteiger partial charge in [-0.25, -0.2) is 0 Å². The maximum atomic E-state index is 13.4. The van der Waals surface area contributed by atoms with Crippen LogP contribution in [0.25, 0.3) is 16.6 Å². The Kier molecular flexibility index (Phi) is 5.19. The van der Waals surface area contributed by atoms with Gasteiger partial charge >= 0.3 is 0 Å². The van der Waals surface area contributed by atoms with Crippen LogP contribution in [0, 0.1) is 10.1 Å². The summed E-state index contributed by atoms with van der Waals surface area (Å²) in [4.78, 5) is 23.7. The topological polar surface area (TPSA) is 110 Å². The first-order chi connectivity index (χ1) is 15.0. The van der Waals surface area contributed by atoms with Gasteiger partial charge in [0.25, 0.3) is 11.2 Å². The molecule has 0 saturated carbocycles. The Morgan fingerprint density at radius 3 is 2.32 bits per heavy atom. The summed E-state index contributed by atoms with van der Waals surface area (Å²) >= 11 is 0. The summed E-state index contributed by atoms with van der Waals surface area (Å²) < 4.78 is 1.54. The van der Waals surface area contributed by atoms with Crippen molar-refractivity contribution in [3.05, 3.63) is 105 Å². The molecule has 0 aliphatic heterocycles. The van der Waals surface area contributed by atoms with Gasteiger partial charge < -0.3 is 5.11 Å². The monoisotopic (exact) mass is 414 g/mol. The van der Waals surface area contributed by atoms with Crippen LogP contribution in [-0.4, -0.2) is 20.3 Å². The summed E-state index contributed by atoms with van der Waals surface area (Å²) in [6, 6.07) is 22.0. The van der Waals surface area contributed by atoms with Gasteiger partial charge in [0.1, 0.15) is 11.3 Å². The number of hydrogen-bond acceptors (Lipinski definition) is 6. The third kappa shape index (κ3) is 3.74. The van der Waals surface area contributed by atoms with Crippen molar-refractivity contribution < 1.29 is 10.0 Å². The second-order valence-electron chi connectivity index (χ2n) is 6.83. The first-order valence-electron chi connectivity index (χ1n) is 9.44.